The van der Waals surface area contributed by atoms with E-state index in [0.717, 1.165) is 37.7 Å². The molecule has 0 aliphatic carbocycles. The molecule has 5 rings (SSSR count). The summed E-state index contributed by atoms with van der Waals surface area (Å²) in [4.78, 5) is 13.4. The van der Waals surface area contributed by atoms with Crippen molar-refractivity contribution in [2.75, 3.05) is 5.32 Å². The molecule has 0 fully saturated rings. The highest BCUT2D eigenvalue weighted by molar-refractivity contribution is 9.10. The lowest BCUT2D eigenvalue weighted by Gasteiger charge is -2.07. The van der Waals surface area contributed by atoms with Crippen molar-refractivity contribution in [2.45, 2.75) is 6.42 Å². The van der Waals surface area contributed by atoms with Crippen LogP contribution in [0.1, 0.15) is 5.56 Å². The molecule has 0 aliphatic heterocycles. The Bertz CT molecular complexity index is 1360. The molecule has 0 aliphatic rings. The minimum absolute atomic E-state index is 0.0597. The van der Waals surface area contributed by atoms with Crippen molar-refractivity contribution in [1.82, 2.24) is 19.8 Å². The second kappa shape index (κ2) is 8.41. The molecule has 0 radical (unpaired) electrons. The summed E-state index contributed by atoms with van der Waals surface area (Å²) in [6, 6.07) is 23.2. The van der Waals surface area contributed by atoms with Gasteiger partial charge >= 0.3 is 0 Å². The SMILES string of the molecule is O=C(Cc1cccc(Br)c1)Nc1ccc(-c2ccc3nnc(-c4cccs4)n3n2)cc1. The zero-order valence-corrected chi connectivity index (χ0v) is 18.6. The highest BCUT2D eigenvalue weighted by Crippen LogP contribution is 2.25. The van der Waals surface area contributed by atoms with Crippen molar-refractivity contribution in [3.8, 4) is 22.0 Å². The molecule has 6 nitrogen and oxygen atoms in total. The van der Waals surface area contributed by atoms with Crippen molar-refractivity contribution >= 4 is 44.5 Å². The van der Waals surface area contributed by atoms with Crippen molar-refractivity contribution < 1.29 is 4.79 Å². The molecule has 0 saturated heterocycles. The molecule has 3 aromatic heterocycles. The molecule has 31 heavy (non-hydrogen) atoms. The number of fused-ring (bicyclic) bond motifs is 1. The fraction of sp³-hybridized carbons (Fsp3) is 0.0435. The lowest BCUT2D eigenvalue weighted by molar-refractivity contribution is -0.115. The van der Waals surface area contributed by atoms with Crippen LogP contribution in [0.15, 0.2) is 82.6 Å². The van der Waals surface area contributed by atoms with Crippen molar-refractivity contribution in [3.05, 3.63) is 88.2 Å². The first kappa shape index (κ1) is 19.6. The van der Waals surface area contributed by atoms with Crippen molar-refractivity contribution in [2.24, 2.45) is 0 Å². The Morgan fingerprint density at radius 1 is 1.00 bits per heavy atom. The number of halogens is 1. The van der Waals surface area contributed by atoms with Gasteiger partial charge in [0.2, 0.25) is 5.91 Å². The van der Waals surface area contributed by atoms with Gasteiger partial charge in [-0.1, -0.05) is 46.3 Å². The molecular weight excluding hydrogens is 474 g/mol. The predicted molar refractivity (Wildman–Crippen MR) is 126 cm³/mol. The zero-order valence-electron chi connectivity index (χ0n) is 16.2. The Morgan fingerprint density at radius 2 is 1.87 bits per heavy atom. The third kappa shape index (κ3) is 4.26. The zero-order chi connectivity index (χ0) is 21.2. The molecular formula is C23H16BrN5OS. The molecule has 0 unspecified atom stereocenters. The van der Waals surface area contributed by atoms with Crippen molar-refractivity contribution in [3.63, 3.8) is 0 Å². The van der Waals surface area contributed by atoms with E-state index in [1.54, 1.807) is 15.9 Å². The number of hydrogen-bond donors (Lipinski definition) is 1. The Morgan fingerprint density at radius 3 is 2.65 bits per heavy atom. The quantitative estimate of drug-likeness (QED) is 0.355. The summed E-state index contributed by atoms with van der Waals surface area (Å²) in [5, 5.41) is 18.1. The second-order valence-electron chi connectivity index (χ2n) is 6.92. The Hall–Kier alpha value is -3.36. The number of aromatic nitrogens is 4. The van der Waals surface area contributed by atoms with E-state index in [9.17, 15) is 4.79 Å². The van der Waals surface area contributed by atoms with Gasteiger partial charge < -0.3 is 5.32 Å². The number of hydrogen-bond acceptors (Lipinski definition) is 5. The van der Waals surface area contributed by atoms with Crippen LogP contribution >= 0.6 is 27.3 Å². The van der Waals surface area contributed by atoms with E-state index in [0.29, 0.717) is 12.1 Å². The molecule has 3 heterocycles. The maximum Gasteiger partial charge on any atom is 0.228 e. The summed E-state index contributed by atoms with van der Waals surface area (Å²) >= 11 is 5.03. The van der Waals surface area contributed by atoms with Crippen LogP contribution in [-0.2, 0) is 11.2 Å². The molecule has 152 valence electrons. The van der Waals surface area contributed by atoms with Crippen LogP contribution in [-0.4, -0.2) is 25.7 Å². The molecule has 5 aromatic rings. The topological polar surface area (TPSA) is 72.2 Å². The molecule has 0 atom stereocenters. The third-order valence-electron chi connectivity index (χ3n) is 4.72. The summed E-state index contributed by atoms with van der Waals surface area (Å²) < 4.78 is 2.72. The fourth-order valence-electron chi connectivity index (χ4n) is 3.26. The molecule has 1 amide bonds. The largest absolute Gasteiger partial charge is 0.326 e. The third-order valence-corrected chi connectivity index (χ3v) is 6.08. The standard InChI is InChI=1S/C23H16BrN5OS/c24-17-4-1-3-15(13-17)14-22(30)25-18-8-6-16(7-9-18)19-10-11-21-26-27-23(29(21)28-19)20-5-2-12-31-20/h1-13H,14H2,(H,25,30). The average Bonchev–Trinajstić information content (AvgIpc) is 3.43. The van der Waals surface area contributed by atoms with Crippen LogP contribution in [0.2, 0.25) is 0 Å². The number of thiophene rings is 1. The van der Waals surface area contributed by atoms with Gasteiger partial charge in [-0.3, -0.25) is 4.79 Å². The Kier molecular flexibility index (Phi) is 5.31. The molecule has 8 heteroatoms. The van der Waals surface area contributed by atoms with Crippen LogP contribution in [0.4, 0.5) is 5.69 Å². The van der Waals surface area contributed by atoms with Crippen molar-refractivity contribution in [1.29, 1.82) is 0 Å². The lowest BCUT2D eigenvalue weighted by Crippen LogP contribution is -2.14. The highest BCUT2D eigenvalue weighted by Gasteiger charge is 2.12. The Labute approximate surface area is 190 Å². The second-order valence-corrected chi connectivity index (χ2v) is 8.79. The first-order valence-electron chi connectivity index (χ1n) is 9.57. The van der Waals surface area contributed by atoms with E-state index >= 15 is 0 Å². The number of nitrogens with one attached hydrogen (secondary N) is 1. The van der Waals surface area contributed by atoms with Gasteiger partial charge in [-0.2, -0.15) is 9.61 Å². The molecule has 2 aromatic carbocycles. The van der Waals surface area contributed by atoms with Gasteiger partial charge in [0.1, 0.15) is 0 Å². The summed E-state index contributed by atoms with van der Waals surface area (Å²) in [6.07, 6.45) is 0.318. The van der Waals surface area contributed by atoms with Crippen LogP contribution in [0.5, 0.6) is 0 Å². The molecule has 0 bridgehead atoms. The van der Waals surface area contributed by atoms with Gasteiger partial charge in [0.15, 0.2) is 11.5 Å². The number of rotatable bonds is 5. The first-order valence-corrected chi connectivity index (χ1v) is 11.2. The summed E-state index contributed by atoms with van der Waals surface area (Å²) in [5.41, 5.74) is 4.14. The van der Waals surface area contributed by atoms with Gasteiger partial charge in [0.05, 0.1) is 17.0 Å². The van der Waals surface area contributed by atoms with Crippen LogP contribution in [0.25, 0.3) is 27.6 Å². The number of nitrogens with zero attached hydrogens (tertiary/aromatic N) is 4. The smallest absolute Gasteiger partial charge is 0.228 e. The number of carbonyl (C=O) groups excluding carboxylic acids is 1. The Balaban J connectivity index is 1.34. The summed E-state index contributed by atoms with van der Waals surface area (Å²) in [5.74, 6) is 0.666. The number of benzene rings is 2. The van der Waals surface area contributed by atoms with Gasteiger partial charge in [0.25, 0.3) is 0 Å². The normalized spacial score (nSPS) is 11.0. The number of amides is 1. The van der Waals surface area contributed by atoms with E-state index in [1.807, 2.05) is 78.2 Å². The monoisotopic (exact) mass is 489 g/mol. The van der Waals surface area contributed by atoms with Crippen LogP contribution in [0, 0.1) is 0 Å². The maximum atomic E-state index is 12.4. The summed E-state index contributed by atoms with van der Waals surface area (Å²) in [7, 11) is 0. The number of carbonyl (C=O) groups is 1. The molecule has 1 N–H and O–H groups in total. The van der Waals surface area contributed by atoms with Crippen LogP contribution < -0.4 is 5.32 Å². The molecule has 0 saturated carbocycles. The average molecular weight is 490 g/mol. The maximum absolute atomic E-state index is 12.4. The van der Waals surface area contributed by atoms with E-state index in [-0.39, 0.29) is 5.91 Å². The van der Waals surface area contributed by atoms with E-state index < -0.39 is 0 Å². The number of anilines is 1. The fourth-order valence-corrected chi connectivity index (χ4v) is 4.40. The van der Waals surface area contributed by atoms with E-state index in [4.69, 9.17) is 5.10 Å². The van der Waals surface area contributed by atoms with Gasteiger partial charge in [0, 0.05) is 15.7 Å². The van der Waals surface area contributed by atoms with E-state index in [1.165, 1.54) is 0 Å². The van der Waals surface area contributed by atoms with Gasteiger partial charge in [-0.05, 0) is 53.4 Å². The lowest BCUT2D eigenvalue weighted by atomic mass is 10.1. The summed E-state index contributed by atoms with van der Waals surface area (Å²) in [6.45, 7) is 0. The van der Waals surface area contributed by atoms with E-state index in [2.05, 4.69) is 31.4 Å². The van der Waals surface area contributed by atoms with Gasteiger partial charge in [-0.25, -0.2) is 0 Å². The predicted octanol–water partition coefficient (Wildman–Crippen LogP) is 5.46. The first-order chi connectivity index (χ1) is 15.2. The highest BCUT2D eigenvalue weighted by atomic mass is 79.9. The van der Waals surface area contributed by atoms with Gasteiger partial charge in [-0.15, -0.1) is 21.5 Å². The minimum Gasteiger partial charge on any atom is -0.326 e. The molecule has 0 spiro atoms. The van der Waals surface area contributed by atoms with Crippen LogP contribution in [0.3, 0.4) is 0 Å². The minimum atomic E-state index is -0.0597.